The summed E-state index contributed by atoms with van der Waals surface area (Å²) in [6.07, 6.45) is 2.20. The zero-order valence-electron chi connectivity index (χ0n) is 8.51. The van der Waals surface area contributed by atoms with Gasteiger partial charge in [0.1, 0.15) is 5.95 Å². The van der Waals surface area contributed by atoms with Crippen LogP contribution < -0.4 is 9.79 Å². The molecule has 1 aromatic carbocycles. The predicted octanol–water partition coefficient (Wildman–Crippen LogP) is 0.587. The highest BCUT2D eigenvalue weighted by molar-refractivity contribution is 5.20. The van der Waals surface area contributed by atoms with E-state index in [9.17, 15) is 5.11 Å². The van der Waals surface area contributed by atoms with Crippen molar-refractivity contribution in [3.05, 3.63) is 41.6 Å². The van der Waals surface area contributed by atoms with Gasteiger partial charge in [-0.05, 0) is 12.5 Å². The second-order valence-electron chi connectivity index (χ2n) is 3.52. The summed E-state index contributed by atoms with van der Waals surface area (Å²) >= 11 is 0. The monoisotopic (exact) mass is 204 g/mol. The highest BCUT2D eigenvalue weighted by Crippen LogP contribution is 2.03. The summed E-state index contributed by atoms with van der Waals surface area (Å²) < 4.78 is 5.95. The zero-order valence-corrected chi connectivity index (χ0v) is 8.51. The second-order valence-corrected chi connectivity index (χ2v) is 3.52. The van der Waals surface area contributed by atoms with E-state index in [2.05, 4.69) is 41.0 Å². The topological polar surface area (TPSA) is 53.0 Å². The van der Waals surface area contributed by atoms with E-state index in [4.69, 9.17) is 0 Å². The van der Waals surface area contributed by atoms with Crippen LogP contribution in [0.15, 0.2) is 35.0 Å². The minimum absolute atomic E-state index is 0.404. The van der Waals surface area contributed by atoms with E-state index in [1.54, 1.807) is 0 Å². The van der Waals surface area contributed by atoms with Crippen molar-refractivity contribution in [1.29, 1.82) is 0 Å². The highest BCUT2D eigenvalue weighted by Gasteiger charge is 2.03. The van der Waals surface area contributed by atoms with Gasteiger partial charge in [0.25, 0.3) is 0 Å². The molecule has 0 aliphatic carbocycles. The van der Waals surface area contributed by atoms with Crippen molar-refractivity contribution in [3.8, 4) is 5.95 Å². The van der Waals surface area contributed by atoms with E-state index in [-0.39, 0.29) is 0 Å². The van der Waals surface area contributed by atoms with Crippen molar-refractivity contribution in [2.45, 2.75) is 19.9 Å². The van der Waals surface area contributed by atoms with E-state index in [0.717, 1.165) is 6.42 Å². The van der Waals surface area contributed by atoms with Crippen LogP contribution in [-0.4, -0.2) is 5.27 Å². The molecular weight excluding hydrogens is 192 g/mol. The maximum Gasteiger partial charge on any atom is 0.221 e. The number of aromatic nitrogens is 2. The van der Waals surface area contributed by atoms with Crippen LogP contribution in [-0.2, 0) is 13.0 Å². The van der Waals surface area contributed by atoms with Crippen molar-refractivity contribution >= 4 is 0 Å². The van der Waals surface area contributed by atoms with Crippen molar-refractivity contribution in [1.82, 2.24) is 5.27 Å². The first kappa shape index (κ1) is 9.71. The molecule has 1 heterocycles. The van der Waals surface area contributed by atoms with E-state index >= 15 is 0 Å². The lowest BCUT2D eigenvalue weighted by molar-refractivity contribution is -0.762. The summed E-state index contributed by atoms with van der Waals surface area (Å²) in [5, 5.41) is 14.3. The Hall–Kier alpha value is -1.84. The fraction of sp³-hybridized carbons (Fsp3) is 0.273. The Kier molecular flexibility index (Phi) is 2.67. The summed E-state index contributed by atoms with van der Waals surface area (Å²) in [7, 11) is 0. The van der Waals surface area contributed by atoms with Gasteiger partial charge in [-0.25, -0.2) is 0 Å². The van der Waals surface area contributed by atoms with Gasteiger partial charge < -0.3 is 9.63 Å². The summed E-state index contributed by atoms with van der Waals surface area (Å²) in [5.74, 6) is -0.404. The molecule has 0 saturated carbocycles. The minimum Gasteiger partial charge on any atom is -0.539 e. The SMILES string of the molecule is Cc1ccc(CC[n+]2cc([O-])on2)cc1. The van der Waals surface area contributed by atoms with Crippen LogP contribution in [0.1, 0.15) is 11.1 Å². The maximum atomic E-state index is 10.7. The van der Waals surface area contributed by atoms with E-state index in [1.807, 2.05) is 0 Å². The van der Waals surface area contributed by atoms with Crippen LogP contribution in [0.4, 0.5) is 0 Å². The molecule has 0 aliphatic rings. The molecule has 2 rings (SSSR count). The van der Waals surface area contributed by atoms with Gasteiger partial charge in [-0.1, -0.05) is 34.5 Å². The lowest BCUT2D eigenvalue weighted by Gasteiger charge is -1.96. The normalized spacial score (nSPS) is 10.5. The third kappa shape index (κ3) is 2.56. The largest absolute Gasteiger partial charge is 0.539 e. The molecule has 0 fully saturated rings. The molecule has 4 nitrogen and oxygen atoms in total. The van der Waals surface area contributed by atoms with Gasteiger partial charge in [0, 0.05) is 6.42 Å². The van der Waals surface area contributed by atoms with Crippen LogP contribution >= 0.6 is 0 Å². The molecule has 0 unspecified atom stereocenters. The van der Waals surface area contributed by atoms with Crippen LogP contribution in [0.3, 0.4) is 0 Å². The molecule has 0 spiro atoms. The molecule has 15 heavy (non-hydrogen) atoms. The summed E-state index contributed by atoms with van der Waals surface area (Å²) in [4.78, 5) is 0. The molecule has 0 atom stereocenters. The Morgan fingerprint density at radius 3 is 2.67 bits per heavy atom. The van der Waals surface area contributed by atoms with Gasteiger partial charge in [-0.3, -0.25) is 0 Å². The molecule has 0 radical (unpaired) electrons. The average molecular weight is 204 g/mol. The molecule has 4 heteroatoms. The Morgan fingerprint density at radius 2 is 2.07 bits per heavy atom. The van der Waals surface area contributed by atoms with Crippen molar-refractivity contribution in [3.63, 3.8) is 0 Å². The lowest BCUT2D eigenvalue weighted by Crippen LogP contribution is -2.35. The summed E-state index contributed by atoms with van der Waals surface area (Å²) in [5.41, 5.74) is 2.47. The number of rotatable bonds is 3. The molecule has 78 valence electrons. The standard InChI is InChI=1S/C11H12N2O2/c1-9-2-4-10(5-3-9)6-7-13-8-11(14)15-12-13/h2-5,8H,6-7H2,1H3. The van der Waals surface area contributed by atoms with E-state index in [1.165, 1.54) is 22.0 Å². The number of benzene rings is 1. The summed E-state index contributed by atoms with van der Waals surface area (Å²) in [6, 6.07) is 8.30. The molecule has 0 aliphatic heterocycles. The molecule has 1 aromatic heterocycles. The quantitative estimate of drug-likeness (QED) is 0.687. The first-order valence-electron chi connectivity index (χ1n) is 4.83. The predicted molar refractivity (Wildman–Crippen MR) is 51.0 cm³/mol. The molecule has 0 amide bonds. The number of hydrogen-bond acceptors (Lipinski definition) is 3. The number of hydrogen-bond donors (Lipinski definition) is 0. The van der Waals surface area contributed by atoms with Gasteiger partial charge in [0.15, 0.2) is 6.54 Å². The highest BCUT2D eigenvalue weighted by atomic mass is 16.6. The Balaban J connectivity index is 1.96. The van der Waals surface area contributed by atoms with Crippen LogP contribution in [0, 0.1) is 6.92 Å². The fourth-order valence-electron chi connectivity index (χ4n) is 1.37. The first-order valence-corrected chi connectivity index (χ1v) is 4.83. The summed E-state index contributed by atoms with van der Waals surface area (Å²) in [6.45, 7) is 2.72. The Labute approximate surface area is 87.7 Å². The van der Waals surface area contributed by atoms with Crippen LogP contribution in [0.2, 0.25) is 0 Å². The molecule has 0 bridgehead atoms. The molecule has 0 N–H and O–H groups in total. The number of nitrogens with zero attached hydrogens (tertiary/aromatic N) is 2. The first-order chi connectivity index (χ1) is 7.24. The van der Waals surface area contributed by atoms with Crippen molar-refractivity contribution in [2.24, 2.45) is 0 Å². The van der Waals surface area contributed by atoms with Gasteiger partial charge in [0.2, 0.25) is 6.20 Å². The maximum absolute atomic E-state index is 10.7. The van der Waals surface area contributed by atoms with E-state index < -0.39 is 5.95 Å². The van der Waals surface area contributed by atoms with E-state index in [0.29, 0.717) is 6.54 Å². The average Bonchev–Trinajstić information content (AvgIpc) is 2.64. The van der Waals surface area contributed by atoms with Gasteiger partial charge >= 0.3 is 0 Å². The number of aryl methyl sites for hydroxylation is 3. The zero-order chi connectivity index (χ0) is 10.7. The second kappa shape index (κ2) is 4.13. The fourth-order valence-corrected chi connectivity index (χ4v) is 1.37. The van der Waals surface area contributed by atoms with Crippen LogP contribution in [0.25, 0.3) is 0 Å². The van der Waals surface area contributed by atoms with Crippen molar-refractivity contribution in [2.75, 3.05) is 0 Å². The lowest BCUT2D eigenvalue weighted by atomic mass is 10.1. The third-order valence-electron chi connectivity index (χ3n) is 2.24. The van der Waals surface area contributed by atoms with Crippen LogP contribution in [0.5, 0.6) is 5.95 Å². The van der Waals surface area contributed by atoms with Crippen molar-refractivity contribution < 1.29 is 14.3 Å². The third-order valence-corrected chi connectivity index (χ3v) is 2.24. The van der Waals surface area contributed by atoms with Gasteiger partial charge in [-0.15, -0.1) is 0 Å². The smallest absolute Gasteiger partial charge is 0.221 e. The Morgan fingerprint density at radius 1 is 1.33 bits per heavy atom. The Bertz CT molecular complexity index is 434. The van der Waals surface area contributed by atoms with Gasteiger partial charge in [-0.2, -0.15) is 0 Å². The van der Waals surface area contributed by atoms with Gasteiger partial charge in [0.05, 0.1) is 5.27 Å². The molecule has 2 aromatic rings. The molecule has 0 saturated heterocycles. The molecular formula is C11H12N2O2. The minimum atomic E-state index is -0.404.